The molecule has 1 N–H and O–H groups in total. The third-order valence-corrected chi connectivity index (χ3v) is 4.48. The van der Waals surface area contributed by atoms with Crippen LogP contribution in [0.2, 0.25) is 4.34 Å². The Hall–Kier alpha value is -1.85. The van der Waals surface area contributed by atoms with Crippen LogP contribution >= 0.6 is 22.9 Å². The highest BCUT2D eigenvalue weighted by atomic mass is 35.5. The van der Waals surface area contributed by atoms with Gasteiger partial charge in [-0.2, -0.15) is 0 Å². The average molecular weight is 308 g/mol. The van der Waals surface area contributed by atoms with Crippen molar-refractivity contribution in [2.45, 2.75) is 12.5 Å². The fraction of sp³-hybridized carbons (Fsp3) is 0.143. The molecule has 3 rings (SSSR count). The van der Waals surface area contributed by atoms with Crippen LogP contribution in [0.1, 0.15) is 15.2 Å². The molecule has 0 spiro atoms. The maximum absolute atomic E-state index is 12.6. The predicted molar refractivity (Wildman–Crippen MR) is 77.7 cm³/mol. The van der Waals surface area contributed by atoms with Gasteiger partial charge in [-0.1, -0.05) is 29.8 Å². The van der Waals surface area contributed by atoms with E-state index in [4.69, 9.17) is 11.6 Å². The fourth-order valence-electron chi connectivity index (χ4n) is 2.38. The van der Waals surface area contributed by atoms with Gasteiger partial charge >= 0.3 is 5.97 Å². The minimum Gasteiger partial charge on any atom is -0.480 e. The minimum absolute atomic E-state index is 0.320. The van der Waals surface area contributed by atoms with E-state index in [-0.39, 0.29) is 5.91 Å². The molecule has 0 saturated carbocycles. The molecule has 102 valence electrons. The van der Waals surface area contributed by atoms with Crippen LogP contribution < -0.4 is 4.90 Å². The number of thiophene rings is 1. The average Bonchev–Trinajstić information content (AvgIpc) is 3.01. The molecule has 2 aromatic rings. The molecule has 20 heavy (non-hydrogen) atoms. The maximum atomic E-state index is 12.6. The minimum atomic E-state index is -1.00. The number of carboxylic acids is 1. The lowest BCUT2D eigenvalue weighted by Gasteiger charge is -2.21. The van der Waals surface area contributed by atoms with E-state index in [1.54, 1.807) is 24.3 Å². The summed E-state index contributed by atoms with van der Waals surface area (Å²) in [6, 6.07) is 9.65. The zero-order chi connectivity index (χ0) is 14.3. The van der Waals surface area contributed by atoms with Crippen LogP contribution in [0.25, 0.3) is 0 Å². The number of nitrogens with zero attached hydrogens (tertiary/aromatic N) is 1. The van der Waals surface area contributed by atoms with Crippen LogP contribution in [0, 0.1) is 0 Å². The highest BCUT2D eigenvalue weighted by Gasteiger charge is 2.38. The number of hydrogen-bond acceptors (Lipinski definition) is 3. The number of rotatable bonds is 2. The Morgan fingerprint density at radius 2 is 2.00 bits per heavy atom. The number of amides is 1. The van der Waals surface area contributed by atoms with Gasteiger partial charge < -0.3 is 5.11 Å². The Bertz CT molecular complexity index is 697. The summed E-state index contributed by atoms with van der Waals surface area (Å²) in [6.45, 7) is 0. The topological polar surface area (TPSA) is 57.6 Å². The molecule has 1 aromatic heterocycles. The van der Waals surface area contributed by atoms with Gasteiger partial charge in [0.25, 0.3) is 5.91 Å². The summed E-state index contributed by atoms with van der Waals surface area (Å²) in [5.74, 6) is -1.32. The molecule has 1 amide bonds. The highest BCUT2D eigenvalue weighted by molar-refractivity contribution is 7.18. The number of carbonyl (C=O) groups excluding carboxylic acids is 1. The van der Waals surface area contributed by atoms with Crippen molar-refractivity contribution in [2.24, 2.45) is 0 Å². The lowest BCUT2D eigenvalue weighted by atomic mass is 10.1. The monoisotopic (exact) mass is 307 g/mol. The molecule has 1 atom stereocenters. The number of carboxylic acid groups (broad SMARTS) is 1. The van der Waals surface area contributed by atoms with E-state index in [9.17, 15) is 14.7 Å². The lowest BCUT2D eigenvalue weighted by molar-refractivity contribution is -0.138. The van der Waals surface area contributed by atoms with Gasteiger partial charge in [0.15, 0.2) is 0 Å². The maximum Gasteiger partial charge on any atom is 0.327 e. The van der Waals surface area contributed by atoms with Crippen LogP contribution in [-0.2, 0) is 11.2 Å². The summed E-state index contributed by atoms with van der Waals surface area (Å²) in [5.41, 5.74) is 1.53. The Labute approximate surface area is 124 Å². The van der Waals surface area contributed by atoms with Crippen LogP contribution in [-0.4, -0.2) is 23.0 Å². The predicted octanol–water partition coefficient (Wildman–Crippen LogP) is 3.06. The Balaban J connectivity index is 2.04. The van der Waals surface area contributed by atoms with Crippen molar-refractivity contribution < 1.29 is 14.7 Å². The molecule has 1 aliphatic heterocycles. The molecule has 0 aliphatic carbocycles. The molecule has 0 bridgehead atoms. The van der Waals surface area contributed by atoms with Crippen molar-refractivity contribution in [1.82, 2.24) is 0 Å². The van der Waals surface area contributed by atoms with Crippen molar-refractivity contribution in [3.8, 4) is 0 Å². The molecule has 1 aromatic carbocycles. The second-order valence-electron chi connectivity index (χ2n) is 4.47. The first kappa shape index (κ1) is 13.1. The van der Waals surface area contributed by atoms with E-state index >= 15 is 0 Å². The Morgan fingerprint density at radius 1 is 1.25 bits per heavy atom. The van der Waals surface area contributed by atoms with Gasteiger partial charge in [0.1, 0.15) is 6.04 Å². The van der Waals surface area contributed by atoms with Crippen molar-refractivity contribution in [3.63, 3.8) is 0 Å². The smallest absolute Gasteiger partial charge is 0.327 e. The number of fused-ring (bicyclic) bond motifs is 1. The van der Waals surface area contributed by atoms with Crippen molar-refractivity contribution in [2.75, 3.05) is 4.90 Å². The normalized spacial score (nSPS) is 17.1. The quantitative estimate of drug-likeness (QED) is 0.927. The van der Waals surface area contributed by atoms with Crippen LogP contribution in [0.4, 0.5) is 5.69 Å². The molecular formula is C14H10ClNO3S. The van der Waals surface area contributed by atoms with E-state index in [1.165, 1.54) is 4.90 Å². The summed E-state index contributed by atoms with van der Waals surface area (Å²) < 4.78 is 0.507. The number of carbonyl (C=O) groups is 2. The second-order valence-corrected chi connectivity index (χ2v) is 6.18. The number of anilines is 1. The zero-order valence-corrected chi connectivity index (χ0v) is 11.8. The second kappa shape index (κ2) is 4.92. The number of para-hydroxylation sites is 1. The largest absolute Gasteiger partial charge is 0.480 e. The van der Waals surface area contributed by atoms with Crippen molar-refractivity contribution >= 4 is 40.5 Å². The van der Waals surface area contributed by atoms with Crippen LogP contribution in [0.5, 0.6) is 0 Å². The van der Waals surface area contributed by atoms with Crippen LogP contribution in [0.3, 0.4) is 0 Å². The van der Waals surface area contributed by atoms with Gasteiger partial charge in [0.2, 0.25) is 0 Å². The van der Waals surface area contributed by atoms with Gasteiger partial charge in [-0.15, -0.1) is 11.3 Å². The summed E-state index contributed by atoms with van der Waals surface area (Å²) >= 11 is 6.99. The standard InChI is InChI=1S/C14H10ClNO3S/c15-12-6-5-11(20-12)13(17)16-9-4-2-1-3-8(9)7-10(16)14(18)19/h1-6,10H,7H2,(H,18,19)/t10-/m0/s1. The van der Waals surface area contributed by atoms with Gasteiger partial charge in [0.05, 0.1) is 9.21 Å². The third kappa shape index (κ3) is 2.09. The molecule has 0 unspecified atom stereocenters. The molecule has 1 aliphatic rings. The van der Waals surface area contributed by atoms with E-state index in [2.05, 4.69) is 0 Å². The first-order chi connectivity index (χ1) is 9.58. The molecule has 4 nitrogen and oxygen atoms in total. The summed E-state index contributed by atoms with van der Waals surface area (Å²) in [4.78, 5) is 25.7. The number of benzene rings is 1. The fourth-order valence-corrected chi connectivity index (χ4v) is 3.36. The molecule has 0 saturated heterocycles. The SMILES string of the molecule is O=C(O)[C@@H]1Cc2ccccc2N1C(=O)c1ccc(Cl)s1. The van der Waals surface area contributed by atoms with Crippen LogP contribution in [0.15, 0.2) is 36.4 Å². The van der Waals surface area contributed by atoms with E-state index in [0.717, 1.165) is 16.9 Å². The van der Waals surface area contributed by atoms with Crippen molar-refractivity contribution in [3.05, 3.63) is 51.2 Å². The van der Waals surface area contributed by atoms with Gasteiger partial charge in [-0.3, -0.25) is 9.69 Å². The molecule has 6 heteroatoms. The van der Waals surface area contributed by atoms with E-state index < -0.39 is 12.0 Å². The van der Waals surface area contributed by atoms with E-state index in [1.807, 2.05) is 12.1 Å². The highest BCUT2D eigenvalue weighted by Crippen LogP contribution is 2.35. The summed E-state index contributed by atoms with van der Waals surface area (Å²) in [7, 11) is 0. The Morgan fingerprint density at radius 3 is 2.65 bits per heavy atom. The van der Waals surface area contributed by atoms with Crippen molar-refractivity contribution in [1.29, 1.82) is 0 Å². The number of hydrogen-bond donors (Lipinski definition) is 1. The number of aliphatic carboxylic acids is 1. The summed E-state index contributed by atoms with van der Waals surface area (Å²) in [5, 5.41) is 9.34. The van der Waals surface area contributed by atoms with E-state index in [0.29, 0.717) is 21.3 Å². The van der Waals surface area contributed by atoms with Gasteiger partial charge in [-0.25, -0.2) is 4.79 Å². The first-order valence-electron chi connectivity index (χ1n) is 5.97. The number of halogens is 1. The lowest BCUT2D eigenvalue weighted by Crippen LogP contribution is -2.42. The third-order valence-electron chi connectivity index (χ3n) is 3.26. The zero-order valence-electron chi connectivity index (χ0n) is 10.2. The molecule has 0 radical (unpaired) electrons. The van der Waals surface area contributed by atoms with Gasteiger partial charge in [0, 0.05) is 12.1 Å². The summed E-state index contributed by atoms with van der Waals surface area (Å²) in [6.07, 6.45) is 0.330. The van der Waals surface area contributed by atoms with Gasteiger partial charge in [-0.05, 0) is 23.8 Å². The molecular weight excluding hydrogens is 298 g/mol. The Kier molecular flexibility index (Phi) is 3.23. The molecule has 2 heterocycles. The molecule has 0 fully saturated rings. The first-order valence-corrected chi connectivity index (χ1v) is 7.17.